The summed E-state index contributed by atoms with van der Waals surface area (Å²) in [6.45, 7) is 6.85. The molecular weight excluding hydrogens is 316 g/mol. The quantitative estimate of drug-likeness (QED) is 0.896. The highest BCUT2D eigenvalue weighted by Gasteiger charge is 2.33. The normalized spacial score (nSPS) is 28.7. The molecule has 0 spiro atoms. The number of ether oxygens (including phenoxy) is 1. The Morgan fingerprint density at radius 2 is 1.83 bits per heavy atom. The lowest BCUT2D eigenvalue weighted by molar-refractivity contribution is -0.122. The van der Waals surface area contributed by atoms with Gasteiger partial charge in [0.15, 0.2) is 6.10 Å². The molecule has 3 unspecified atom stereocenters. The Labute approximate surface area is 136 Å². The van der Waals surface area contributed by atoms with Crippen LogP contribution in [0.5, 0.6) is 5.75 Å². The second-order valence-corrected chi connectivity index (χ2v) is 8.61. The van der Waals surface area contributed by atoms with Gasteiger partial charge in [0.1, 0.15) is 5.75 Å². The van der Waals surface area contributed by atoms with Crippen LogP contribution in [0.2, 0.25) is 0 Å². The van der Waals surface area contributed by atoms with E-state index in [4.69, 9.17) is 4.74 Å². The van der Waals surface area contributed by atoms with E-state index in [2.05, 4.69) is 19.2 Å². The second kappa shape index (κ2) is 5.79. The van der Waals surface area contributed by atoms with Crippen LogP contribution in [0.15, 0.2) is 23.1 Å². The summed E-state index contributed by atoms with van der Waals surface area (Å²) in [6, 6.07) is 4.63. The number of nitrogens with zero attached hydrogens (tertiary/aromatic N) is 1. The molecule has 3 atom stereocenters. The summed E-state index contributed by atoms with van der Waals surface area (Å²) in [4.78, 5) is 11.9. The Morgan fingerprint density at radius 3 is 2.48 bits per heavy atom. The van der Waals surface area contributed by atoms with E-state index in [-0.39, 0.29) is 10.8 Å². The van der Waals surface area contributed by atoms with Gasteiger partial charge in [0.25, 0.3) is 5.91 Å². The zero-order valence-electron chi connectivity index (χ0n) is 13.6. The summed E-state index contributed by atoms with van der Waals surface area (Å²) >= 11 is 0. The molecular formula is C16H22N2O4S. The molecule has 23 heavy (non-hydrogen) atoms. The molecule has 0 saturated carbocycles. The Balaban J connectivity index is 1.92. The summed E-state index contributed by atoms with van der Waals surface area (Å²) in [7, 11) is -3.57. The van der Waals surface area contributed by atoms with E-state index in [1.807, 2.05) is 0 Å². The fourth-order valence-corrected chi connectivity index (χ4v) is 5.01. The number of sulfonamides is 1. The van der Waals surface area contributed by atoms with Crippen LogP contribution in [0.3, 0.4) is 0 Å². The van der Waals surface area contributed by atoms with Gasteiger partial charge in [0.05, 0.1) is 10.6 Å². The Hall–Kier alpha value is -1.60. The molecule has 6 nitrogen and oxygen atoms in total. The third kappa shape index (κ3) is 3.07. The third-order valence-electron chi connectivity index (χ3n) is 4.36. The molecule has 3 rings (SSSR count). The number of amides is 1. The molecule has 2 aliphatic heterocycles. The molecule has 0 radical (unpaired) electrons. The zero-order valence-corrected chi connectivity index (χ0v) is 14.4. The predicted molar refractivity (Wildman–Crippen MR) is 86.9 cm³/mol. The molecule has 0 bridgehead atoms. The molecule has 1 N–H and O–H groups in total. The Bertz CT molecular complexity index is 722. The predicted octanol–water partition coefficient (Wildman–Crippen LogP) is 2.07. The first kappa shape index (κ1) is 16.3. The minimum absolute atomic E-state index is 0.191. The lowest BCUT2D eigenvalue weighted by atomic mass is 9.94. The molecule has 1 fully saturated rings. The van der Waals surface area contributed by atoms with Crippen molar-refractivity contribution in [3.63, 3.8) is 0 Å². The number of carbonyl (C=O) groups excluding carboxylic acids is 1. The van der Waals surface area contributed by atoms with Crippen LogP contribution in [-0.4, -0.2) is 37.8 Å². The molecule has 1 aromatic carbocycles. The van der Waals surface area contributed by atoms with Crippen molar-refractivity contribution in [1.82, 2.24) is 4.31 Å². The van der Waals surface area contributed by atoms with Crippen molar-refractivity contribution in [2.24, 2.45) is 11.8 Å². The van der Waals surface area contributed by atoms with Gasteiger partial charge in [-0.1, -0.05) is 13.8 Å². The molecule has 1 amide bonds. The molecule has 2 heterocycles. The van der Waals surface area contributed by atoms with Crippen LogP contribution in [-0.2, 0) is 14.8 Å². The number of rotatable bonds is 2. The van der Waals surface area contributed by atoms with E-state index < -0.39 is 16.1 Å². The van der Waals surface area contributed by atoms with Crippen molar-refractivity contribution in [1.29, 1.82) is 0 Å². The molecule has 2 aliphatic rings. The van der Waals surface area contributed by atoms with Gasteiger partial charge in [0.2, 0.25) is 10.0 Å². The smallest absolute Gasteiger partial charge is 0.265 e. The first-order valence-electron chi connectivity index (χ1n) is 7.89. The largest absolute Gasteiger partial charge is 0.479 e. The maximum atomic E-state index is 12.9. The van der Waals surface area contributed by atoms with Gasteiger partial charge in [-0.25, -0.2) is 8.42 Å². The van der Waals surface area contributed by atoms with E-state index in [1.165, 1.54) is 6.07 Å². The average Bonchev–Trinajstić information content (AvgIpc) is 2.47. The van der Waals surface area contributed by atoms with Crippen LogP contribution in [0, 0.1) is 11.8 Å². The maximum Gasteiger partial charge on any atom is 0.265 e. The van der Waals surface area contributed by atoms with Crippen LogP contribution < -0.4 is 10.1 Å². The molecule has 126 valence electrons. The fourth-order valence-electron chi connectivity index (χ4n) is 3.30. The molecule has 1 saturated heterocycles. The first-order chi connectivity index (χ1) is 10.8. The number of hydrogen-bond donors (Lipinski definition) is 1. The zero-order chi connectivity index (χ0) is 16.8. The van der Waals surface area contributed by atoms with Crippen molar-refractivity contribution in [3.05, 3.63) is 18.2 Å². The lowest BCUT2D eigenvalue weighted by Gasteiger charge is -2.34. The van der Waals surface area contributed by atoms with Gasteiger partial charge in [-0.3, -0.25) is 4.79 Å². The minimum Gasteiger partial charge on any atom is -0.479 e. The number of nitrogens with one attached hydrogen (secondary N) is 1. The van der Waals surface area contributed by atoms with Gasteiger partial charge < -0.3 is 10.1 Å². The molecule has 0 aliphatic carbocycles. The maximum absolute atomic E-state index is 12.9. The van der Waals surface area contributed by atoms with Crippen molar-refractivity contribution in [2.45, 2.75) is 38.2 Å². The van der Waals surface area contributed by atoms with Crippen molar-refractivity contribution in [2.75, 3.05) is 18.4 Å². The van der Waals surface area contributed by atoms with Gasteiger partial charge in [-0.15, -0.1) is 0 Å². The number of carbonyl (C=O) groups is 1. The number of benzene rings is 1. The van der Waals surface area contributed by atoms with Gasteiger partial charge in [-0.2, -0.15) is 4.31 Å². The van der Waals surface area contributed by atoms with Crippen molar-refractivity contribution < 1.29 is 17.9 Å². The number of anilines is 1. The standard InChI is InChI=1S/C16H22N2O4S/c1-10-6-11(2)9-18(8-10)23(20,21)13-4-5-15-14(7-13)17-16(19)12(3)22-15/h4-5,7,10-12H,6,8-9H2,1-3H3,(H,17,19). The van der Waals surface area contributed by atoms with E-state index >= 15 is 0 Å². The van der Waals surface area contributed by atoms with Gasteiger partial charge in [-0.05, 0) is 43.4 Å². The van der Waals surface area contributed by atoms with E-state index in [1.54, 1.807) is 23.4 Å². The molecule has 0 aromatic heterocycles. The van der Waals surface area contributed by atoms with Crippen LogP contribution in [0.4, 0.5) is 5.69 Å². The monoisotopic (exact) mass is 338 g/mol. The summed E-state index contributed by atoms with van der Waals surface area (Å²) in [5.74, 6) is 0.911. The number of piperidine rings is 1. The van der Waals surface area contributed by atoms with Crippen LogP contribution in [0.1, 0.15) is 27.2 Å². The topological polar surface area (TPSA) is 75.7 Å². The van der Waals surface area contributed by atoms with Crippen LogP contribution >= 0.6 is 0 Å². The summed E-state index contributed by atoms with van der Waals surface area (Å²) in [5.41, 5.74) is 0.410. The van der Waals surface area contributed by atoms with E-state index in [9.17, 15) is 13.2 Å². The Morgan fingerprint density at radius 1 is 1.17 bits per heavy atom. The van der Waals surface area contributed by atoms with Crippen molar-refractivity contribution >= 4 is 21.6 Å². The minimum atomic E-state index is -3.57. The summed E-state index contributed by atoms with van der Waals surface area (Å²) in [6.07, 6.45) is 0.464. The molecule has 7 heteroatoms. The first-order valence-corrected chi connectivity index (χ1v) is 9.33. The Kier molecular flexibility index (Phi) is 4.10. The summed E-state index contributed by atoms with van der Waals surface area (Å²) < 4.78 is 32.8. The lowest BCUT2D eigenvalue weighted by Crippen LogP contribution is -2.42. The number of fused-ring (bicyclic) bond motifs is 1. The fraction of sp³-hybridized carbons (Fsp3) is 0.562. The number of hydrogen-bond acceptors (Lipinski definition) is 4. The van der Waals surface area contributed by atoms with Crippen molar-refractivity contribution in [3.8, 4) is 5.75 Å². The molecule has 1 aromatic rings. The van der Waals surface area contributed by atoms with Gasteiger partial charge in [0, 0.05) is 13.1 Å². The van der Waals surface area contributed by atoms with E-state index in [0.717, 1.165) is 6.42 Å². The summed E-state index contributed by atoms with van der Waals surface area (Å²) in [5, 5.41) is 2.70. The second-order valence-electron chi connectivity index (χ2n) is 6.68. The highest BCUT2D eigenvalue weighted by molar-refractivity contribution is 7.89. The average molecular weight is 338 g/mol. The van der Waals surface area contributed by atoms with Gasteiger partial charge >= 0.3 is 0 Å². The SMILES string of the molecule is CC1CC(C)CN(S(=O)(=O)c2ccc3c(c2)NC(=O)C(C)O3)C1. The highest BCUT2D eigenvalue weighted by Crippen LogP contribution is 2.34. The van der Waals surface area contributed by atoms with E-state index in [0.29, 0.717) is 36.4 Å². The highest BCUT2D eigenvalue weighted by atomic mass is 32.2. The van der Waals surface area contributed by atoms with Crippen LogP contribution in [0.25, 0.3) is 0 Å². The third-order valence-corrected chi connectivity index (χ3v) is 6.18.